The van der Waals surface area contributed by atoms with E-state index in [1.165, 1.54) is 0 Å². The van der Waals surface area contributed by atoms with Gasteiger partial charge in [-0.1, -0.05) is 47.1 Å². The summed E-state index contributed by atoms with van der Waals surface area (Å²) in [5.41, 5.74) is 1.77. The van der Waals surface area contributed by atoms with E-state index < -0.39 is 6.10 Å². The smallest absolute Gasteiger partial charge is 0.265 e. The van der Waals surface area contributed by atoms with Crippen molar-refractivity contribution in [2.75, 3.05) is 5.32 Å². The molecule has 0 radical (unpaired) electrons. The molecule has 110 valence electrons. The van der Waals surface area contributed by atoms with Gasteiger partial charge in [-0.15, -0.1) is 0 Å². The van der Waals surface area contributed by atoms with Crippen molar-refractivity contribution in [2.24, 2.45) is 0 Å². The second-order valence-electron chi connectivity index (χ2n) is 4.78. The maximum atomic E-state index is 12.3. The molecule has 21 heavy (non-hydrogen) atoms. The predicted molar refractivity (Wildman–Crippen MR) is 88.7 cm³/mol. The number of aryl methyl sites for hydroxylation is 1. The zero-order valence-electron chi connectivity index (χ0n) is 12.1. The van der Waals surface area contributed by atoms with Gasteiger partial charge < -0.3 is 10.1 Å². The number of para-hydroxylation sites is 1. The highest BCUT2D eigenvalue weighted by Crippen LogP contribution is 2.20. The van der Waals surface area contributed by atoms with Crippen molar-refractivity contribution in [1.82, 2.24) is 0 Å². The summed E-state index contributed by atoms with van der Waals surface area (Å²) >= 11 is 3.39. The molecule has 0 spiro atoms. The topological polar surface area (TPSA) is 38.3 Å². The van der Waals surface area contributed by atoms with Gasteiger partial charge in [0, 0.05) is 10.2 Å². The number of benzene rings is 2. The quantitative estimate of drug-likeness (QED) is 0.861. The van der Waals surface area contributed by atoms with Crippen LogP contribution in [0, 0.1) is 6.92 Å². The van der Waals surface area contributed by atoms with Gasteiger partial charge in [-0.3, -0.25) is 4.79 Å². The zero-order chi connectivity index (χ0) is 15.2. The van der Waals surface area contributed by atoms with Crippen molar-refractivity contribution < 1.29 is 9.53 Å². The van der Waals surface area contributed by atoms with E-state index in [1.54, 1.807) is 0 Å². The van der Waals surface area contributed by atoms with Gasteiger partial charge in [0.05, 0.1) is 0 Å². The van der Waals surface area contributed by atoms with Crippen molar-refractivity contribution >= 4 is 27.5 Å². The van der Waals surface area contributed by atoms with Gasteiger partial charge in [0.2, 0.25) is 0 Å². The van der Waals surface area contributed by atoms with Gasteiger partial charge >= 0.3 is 0 Å². The van der Waals surface area contributed by atoms with E-state index >= 15 is 0 Å². The largest absolute Gasteiger partial charge is 0.480 e. The van der Waals surface area contributed by atoms with Crippen LogP contribution in [0.5, 0.6) is 5.75 Å². The van der Waals surface area contributed by atoms with E-state index in [1.807, 2.05) is 62.4 Å². The third kappa shape index (κ3) is 4.33. The standard InChI is InChI=1S/C17H18BrNO2/c1-3-15(21-16-10-5-4-7-12(16)2)17(20)19-14-9-6-8-13(18)11-14/h4-11,15H,3H2,1-2H3,(H,19,20). The maximum absolute atomic E-state index is 12.3. The fraction of sp³-hybridized carbons (Fsp3) is 0.235. The number of carbonyl (C=O) groups excluding carboxylic acids is 1. The first kappa shape index (κ1) is 15.6. The third-order valence-corrected chi connectivity index (χ3v) is 3.61. The highest BCUT2D eigenvalue weighted by atomic mass is 79.9. The summed E-state index contributed by atoms with van der Waals surface area (Å²) in [7, 11) is 0. The molecule has 3 nitrogen and oxygen atoms in total. The number of rotatable bonds is 5. The Kier molecular flexibility index (Phi) is 5.39. The minimum absolute atomic E-state index is 0.140. The van der Waals surface area contributed by atoms with Crippen LogP contribution < -0.4 is 10.1 Å². The fourth-order valence-corrected chi connectivity index (χ4v) is 2.35. The molecule has 2 aromatic carbocycles. The molecule has 0 fully saturated rings. The molecule has 2 aromatic rings. The van der Waals surface area contributed by atoms with E-state index in [4.69, 9.17) is 4.74 Å². The van der Waals surface area contributed by atoms with Crippen LogP contribution in [0.25, 0.3) is 0 Å². The molecule has 2 rings (SSSR count). The summed E-state index contributed by atoms with van der Waals surface area (Å²) in [6.07, 6.45) is 0.0961. The lowest BCUT2D eigenvalue weighted by Gasteiger charge is -2.18. The molecule has 1 N–H and O–H groups in total. The molecule has 4 heteroatoms. The van der Waals surface area contributed by atoms with Gasteiger partial charge in [0.25, 0.3) is 5.91 Å². The fourth-order valence-electron chi connectivity index (χ4n) is 1.95. The van der Waals surface area contributed by atoms with Crippen LogP contribution in [0.2, 0.25) is 0 Å². The summed E-state index contributed by atoms with van der Waals surface area (Å²) in [6.45, 7) is 3.90. The summed E-state index contributed by atoms with van der Waals surface area (Å²) < 4.78 is 6.76. The molecule has 0 aliphatic rings. The second kappa shape index (κ2) is 7.27. The number of amides is 1. The highest BCUT2D eigenvalue weighted by Gasteiger charge is 2.19. The average molecular weight is 348 g/mol. The van der Waals surface area contributed by atoms with Crippen molar-refractivity contribution in [3.8, 4) is 5.75 Å². The number of hydrogen-bond acceptors (Lipinski definition) is 2. The number of carbonyl (C=O) groups is 1. The molecule has 0 bridgehead atoms. The SMILES string of the molecule is CCC(Oc1ccccc1C)C(=O)Nc1cccc(Br)c1. The monoisotopic (exact) mass is 347 g/mol. The molecule has 0 aliphatic heterocycles. The Morgan fingerprint density at radius 2 is 2.00 bits per heavy atom. The molecule has 1 unspecified atom stereocenters. The first-order chi connectivity index (χ1) is 10.1. The molecule has 1 atom stereocenters. The van der Waals surface area contributed by atoms with E-state index in [-0.39, 0.29) is 5.91 Å². The van der Waals surface area contributed by atoms with E-state index in [9.17, 15) is 4.79 Å². The Morgan fingerprint density at radius 3 is 2.67 bits per heavy atom. The van der Waals surface area contributed by atoms with Gasteiger partial charge in [0.15, 0.2) is 6.10 Å². The lowest BCUT2D eigenvalue weighted by atomic mass is 10.2. The Morgan fingerprint density at radius 1 is 1.24 bits per heavy atom. The number of ether oxygens (including phenoxy) is 1. The lowest BCUT2D eigenvalue weighted by molar-refractivity contribution is -0.122. The predicted octanol–water partition coefficient (Wildman–Crippen LogP) is 4.55. The molecular formula is C17H18BrNO2. The van der Waals surface area contributed by atoms with Gasteiger partial charge in [-0.25, -0.2) is 0 Å². The highest BCUT2D eigenvalue weighted by molar-refractivity contribution is 9.10. The average Bonchev–Trinajstić information content (AvgIpc) is 2.46. The number of nitrogens with one attached hydrogen (secondary N) is 1. The van der Waals surface area contributed by atoms with Crippen LogP contribution >= 0.6 is 15.9 Å². The molecule has 0 heterocycles. The zero-order valence-corrected chi connectivity index (χ0v) is 13.7. The summed E-state index contributed by atoms with van der Waals surface area (Å²) in [5.74, 6) is 0.604. The van der Waals surface area contributed by atoms with Gasteiger partial charge in [-0.2, -0.15) is 0 Å². The van der Waals surface area contributed by atoms with Gasteiger partial charge in [-0.05, 0) is 43.2 Å². The van der Waals surface area contributed by atoms with Crippen molar-refractivity contribution in [1.29, 1.82) is 0 Å². The minimum atomic E-state index is -0.509. The van der Waals surface area contributed by atoms with Crippen LogP contribution in [-0.4, -0.2) is 12.0 Å². The molecule has 0 aliphatic carbocycles. The van der Waals surface area contributed by atoms with Crippen molar-refractivity contribution in [3.63, 3.8) is 0 Å². The summed E-state index contributed by atoms with van der Waals surface area (Å²) in [4.78, 5) is 12.3. The van der Waals surface area contributed by atoms with Crippen LogP contribution in [0.4, 0.5) is 5.69 Å². The molecular weight excluding hydrogens is 330 g/mol. The van der Waals surface area contributed by atoms with E-state index in [0.29, 0.717) is 6.42 Å². The summed E-state index contributed by atoms with van der Waals surface area (Å²) in [5, 5.41) is 2.88. The summed E-state index contributed by atoms with van der Waals surface area (Å²) in [6, 6.07) is 15.2. The Bertz CT molecular complexity index is 628. The minimum Gasteiger partial charge on any atom is -0.480 e. The number of anilines is 1. The molecule has 1 amide bonds. The molecule has 0 saturated heterocycles. The normalized spacial score (nSPS) is 11.8. The lowest BCUT2D eigenvalue weighted by Crippen LogP contribution is -2.32. The Hall–Kier alpha value is -1.81. The Labute approximate surface area is 133 Å². The first-order valence-corrected chi connectivity index (χ1v) is 7.68. The van der Waals surface area contributed by atoms with Crippen LogP contribution in [-0.2, 0) is 4.79 Å². The maximum Gasteiger partial charge on any atom is 0.265 e. The van der Waals surface area contributed by atoms with Crippen LogP contribution in [0.1, 0.15) is 18.9 Å². The Balaban J connectivity index is 2.07. The van der Waals surface area contributed by atoms with Gasteiger partial charge in [0.1, 0.15) is 5.75 Å². The second-order valence-corrected chi connectivity index (χ2v) is 5.70. The van der Waals surface area contributed by atoms with Crippen molar-refractivity contribution in [2.45, 2.75) is 26.4 Å². The van der Waals surface area contributed by atoms with Crippen LogP contribution in [0.3, 0.4) is 0 Å². The van der Waals surface area contributed by atoms with E-state index in [2.05, 4.69) is 21.2 Å². The third-order valence-electron chi connectivity index (χ3n) is 3.12. The molecule has 0 saturated carbocycles. The number of halogens is 1. The van der Waals surface area contributed by atoms with Crippen molar-refractivity contribution in [3.05, 3.63) is 58.6 Å². The number of hydrogen-bond donors (Lipinski definition) is 1. The molecule has 0 aromatic heterocycles. The van der Waals surface area contributed by atoms with Crippen LogP contribution in [0.15, 0.2) is 53.0 Å². The first-order valence-electron chi connectivity index (χ1n) is 6.89. The van der Waals surface area contributed by atoms with E-state index in [0.717, 1.165) is 21.5 Å².